The summed E-state index contributed by atoms with van der Waals surface area (Å²) in [6, 6.07) is 0. The molecule has 0 unspecified atom stereocenters. The van der Waals surface area contributed by atoms with Crippen LogP contribution >= 0.6 is 0 Å². The maximum absolute atomic E-state index is 13.1. The number of hydrogen-bond donors (Lipinski definition) is 0. The second kappa shape index (κ2) is 5.89. The summed E-state index contributed by atoms with van der Waals surface area (Å²) in [4.78, 5) is 21.7. The summed E-state index contributed by atoms with van der Waals surface area (Å²) in [5.74, 6) is 1.67. The topological polar surface area (TPSA) is 62.5 Å². The molecule has 0 spiro atoms. The van der Waals surface area contributed by atoms with Gasteiger partial charge in [0.25, 0.3) is 0 Å². The number of piperidine rings is 2. The van der Waals surface area contributed by atoms with Crippen LogP contribution < -0.4 is 0 Å². The molecule has 0 N–H and O–H groups in total. The maximum Gasteiger partial charge on any atom is 0.242 e. The molecule has 0 aliphatic carbocycles. The third kappa shape index (κ3) is 2.89. The third-order valence-corrected chi connectivity index (χ3v) is 5.91. The van der Waals surface area contributed by atoms with Gasteiger partial charge in [-0.25, -0.2) is 0 Å². The highest BCUT2D eigenvalue weighted by Crippen LogP contribution is 2.36. The van der Waals surface area contributed by atoms with Gasteiger partial charge in [0.15, 0.2) is 5.82 Å². The van der Waals surface area contributed by atoms with Crippen molar-refractivity contribution in [1.82, 2.24) is 19.9 Å². The summed E-state index contributed by atoms with van der Waals surface area (Å²) in [5.41, 5.74) is -0.454. The number of carbonyl (C=O) groups is 1. The number of amides is 1. The van der Waals surface area contributed by atoms with E-state index in [0.29, 0.717) is 11.7 Å². The van der Waals surface area contributed by atoms with Crippen molar-refractivity contribution >= 4 is 5.91 Å². The molecule has 0 bridgehead atoms. The fraction of sp³-hybridized carbons (Fsp3) is 0.824. The Hall–Kier alpha value is -1.43. The molecule has 2 aliphatic rings. The van der Waals surface area contributed by atoms with Gasteiger partial charge in [-0.1, -0.05) is 12.1 Å². The Bertz CT molecular complexity index is 577. The van der Waals surface area contributed by atoms with E-state index in [1.807, 2.05) is 11.8 Å². The minimum Gasteiger partial charge on any atom is -0.341 e. The highest BCUT2D eigenvalue weighted by Gasteiger charge is 2.44. The van der Waals surface area contributed by atoms with Crippen molar-refractivity contribution in [2.45, 2.75) is 63.8 Å². The maximum atomic E-state index is 13.1. The summed E-state index contributed by atoms with van der Waals surface area (Å²) in [7, 11) is 2.08. The number of carbonyl (C=O) groups excluding carboxylic acids is 1. The molecule has 2 fully saturated rings. The van der Waals surface area contributed by atoms with Gasteiger partial charge >= 0.3 is 0 Å². The molecule has 6 nitrogen and oxygen atoms in total. The van der Waals surface area contributed by atoms with E-state index in [1.165, 1.54) is 6.42 Å². The van der Waals surface area contributed by atoms with Crippen molar-refractivity contribution in [2.24, 2.45) is 0 Å². The molecule has 3 rings (SSSR count). The van der Waals surface area contributed by atoms with Gasteiger partial charge < -0.3 is 9.42 Å². The van der Waals surface area contributed by atoms with Gasteiger partial charge in [-0.15, -0.1) is 0 Å². The van der Waals surface area contributed by atoms with Gasteiger partial charge in [-0.05, 0) is 59.5 Å². The lowest BCUT2D eigenvalue weighted by Gasteiger charge is -2.46. The van der Waals surface area contributed by atoms with Crippen molar-refractivity contribution in [3.8, 4) is 0 Å². The molecule has 0 saturated carbocycles. The van der Waals surface area contributed by atoms with Crippen LogP contribution in [-0.2, 0) is 10.2 Å². The van der Waals surface area contributed by atoms with Crippen LogP contribution in [-0.4, -0.2) is 58.1 Å². The Kier molecular flexibility index (Phi) is 4.21. The summed E-state index contributed by atoms with van der Waals surface area (Å²) >= 11 is 0. The second-order valence-electron chi connectivity index (χ2n) is 7.65. The standard InChI is InChI=1S/C17H28N4O2/c1-13-18-14(23-19-13)16(2)8-11-21(12-9-16)15(22)17(3)7-5-6-10-20(17)4/h5-12H2,1-4H3/t17-/m1/s1. The SMILES string of the molecule is Cc1noc(C2(C)CCN(C(=O)[C@@]3(C)CCCCN3C)CC2)n1. The van der Waals surface area contributed by atoms with Crippen molar-refractivity contribution in [3.05, 3.63) is 11.7 Å². The van der Waals surface area contributed by atoms with Crippen molar-refractivity contribution in [1.29, 1.82) is 0 Å². The van der Waals surface area contributed by atoms with Gasteiger partial charge in [-0.2, -0.15) is 4.98 Å². The van der Waals surface area contributed by atoms with E-state index in [0.717, 1.165) is 45.3 Å². The molecule has 1 atom stereocenters. The zero-order chi connectivity index (χ0) is 16.7. The first kappa shape index (κ1) is 16.4. The summed E-state index contributed by atoms with van der Waals surface area (Å²) in [6.07, 6.45) is 5.03. The molecular weight excluding hydrogens is 292 g/mol. The summed E-state index contributed by atoms with van der Waals surface area (Å²) in [6.45, 7) is 8.64. The van der Waals surface area contributed by atoms with Crippen LogP contribution in [0, 0.1) is 6.92 Å². The Balaban J connectivity index is 1.68. The minimum atomic E-state index is -0.340. The number of likely N-dealkylation sites (tertiary alicyclic amines) is 2. The van der Waals surface area contributed by atoms with Crippen LogP contribution in [0.15, 0.2) is 4.52 Å². The highest BCUT2D eigenvalue weighted by atomic mass is 16.5. The average Bonchev–Trinajstić information content (AvgIpc) is 2.98. The molecule has 1 aromatic rings. The molecule has 1 aromatic heterocycles. The van der Waals surface area contributed by atoms with Gasteiger partial charge in [-0.3, -0.25) is 9.69 Å². The van der Waals surface area contributed by atoms with Crippen LogP contribution in [0.1, 0.15) is 57.7 Å². The van der Waals surface area contributed by atoms with Crippen molar-refractivity contribution in [2.75, 3.05) is 26.7 Å². The largest absolute Gasteiger partial charge is 0.341 e. The number of aromatic nitrogens is 2. The van der Waals surface area contributed by atoms with E-state index in [4.69, 9.17) is 4.52 Å². The molecule has 0 aromatic carbocycles. The van der Waals surface area contributed by atoms with Crippen LogP contribution in [0.25, 0.3) is 0 Å². The first-order chi connectivity index (χ1) is 10.8. The molecule has 128 valence electrons. The lowest BCUT2D eigenvalue weighted by Crippen LogP contribution is -2.60. The number of aryl methyl sites for hydroxylation is 1. The predicted octanol–water partition coefficient (Wildman–Crippen LogP) is 2.13. The molecule has 6 heteroatoms. The van der Waals surface area contributed by atoms with Gasteiger partial charge in [0.05, 0.1) is 11.0 Å². The smallest absolute Gasteiger partial charge is 0.242 e. The second-order valence-corrected chi connectivity index (χ2v) is 7.65. The van der Waals surface area contributed by atoms with Crippen LogP contribution in [0.2, 0.25) is 0 Å². The van der Waals surface area contributed by atoms with E-state index in [9.17, 15) is 4.79 Å². The fourth-order valence-electron chi connectivity index (χ4n) is 3.83. The lowest BCUT2D eigenvalue weighted by molar-refractivity contribution is -0.146. The first-order valence-corrected chi connectivity index (χ1v) is 8.67. The van der Waals surface area contributed by atoms with Crippen LogP contribution in [0.3, 0.4) is 0 Å². The summed E-state index contributed by atoms with van der Waals surface area (Å²) < 4.78 is 5.38. The molecule has 2 aliphatic heterocycles. The minimum absolute atomic E-state index is 0.114. The van der Waals surface area contributed by atoms with Gasteiger partial charge in [0.2, 0.25) is 11.8 Å². The van der Waals surface area contributed by atoms with Crippen LogP contribution in [0.4, 0.5) is 0 Å². The molecule has 3 heterocycles. The zero-order valence-corrected chi connectivity index (χ0v) is 14.8. The molecule has 0 radical (unpaired) electrons. The number of rotatable bonds is 2. The Morgan fingerprint density at radius 2 is 1.83 bits per heavy atom. The fourth-order valence-corrected chi connectivity index (χ4v) is 3.83. The summed E-state index contributed by atoms with van der Waals surface area (Å²) in [5, 5.41) is 3.91. The van der Waals surface area contributed by atoms with Crippen LogP contribution in [0.5, 0.6) is 0 Å². The third-order valence-electron chi connectivity index (χ3n) is 5.91. The molecule has 1 amide bonds. The van der Waals surface area contributed by atoms with E-state index in [1.54, 1.807) is 0 Å². The van der Waals surface area contributed by atoms with Crippen molar-refractivity contribution in [3.63, 3.8) is 0 Å². The number of nitrogens with zero attached hydrogens (tertiary/aromatic N) is 4. The Morgan fingerprint density at radius 3 is 2.39 bits per heavy atom. The normalized spacial score (nSPS) is 28.8. The van der Waals surface area contributed by atoms with Crippen molar-refractivity contribution < 1.29 is 9.32 Å². The molecule has 2 saturated heterocycles. The van der Waals surface area contributed by atoms with Gasteiger partial charge in [0.1, 0.15) is 0 Å². The van der Waals surface area contributed by atoms with E-state index in [-0.39, 0.29) is 16.9 Å². The van der Waals surface area contributed by atoms with E-state index in [2.05, 4.69) is 35.9 Å². The highest BCUT2D eigenvalue weighted by molar-refractivity contribution is 5.86. The lowest BCUT2D eigenvalue weighted by atomic mass is 9.79. The zero-order valence-electron chi connectivity index (χ0n) is 14.8. The molecule has 23 heavy (non-hydrogen) atoms. The Morgan fingerprint density at radius 1 is 1.13 bits per heavy atom. The first-order valence-electron chi connectivity index (χ1n) is 8.67. The monoisotopic (exact) mass is 320 g/mol. The average molecular weight is 320 g/mol. The quantitative estimate of drug-likeness (QED) is 0.835. The predicted molar refractivity (Wildman–Crippen MR) is 87.1 cm³/mol. The Labute approximate surface area is 138 Å². The number of hydrogen-bond acceptors (Lipinski definition) is 5. The van der Waals surface area contributed by atoms with E-state index >= 15 is 0 Å². The number of likely N-dealkylation sites (N-methyl/N-ethyl adjacent to an activating group) is 1. The van der Waals surface area contributed by atoms with E-state index < -0.39 is 0 Å². The molecular formula is C17H28N4O2. The van der Waals surface area contributed by atoms with Gasteiger partial charge in [0, 0.05) is 13.1 Å².